The second kappa shape index (κ2) is 4.88. The first-order valence-corrected chi connectivity index (χ1v) is 9.74. The Morgan fingerprint density at radius 2 is 1.84 bits per heavy atom. The summed E-state index contributed by atoms with van der Waals surface area (Å²) >= 11 is 3.67. The van der Waals surface area contributed by atoms with Gasteiger partial charge in [-0.15, -0.1) is 0 Å². The van der Waals surface area contributed by atoms with Crippen molar-refractivity contribution in [2.75, 3.05) is 11.1 Å². The van der Waals surface area contributed by atoms with Crippen LogP contribution < -0.4 is 0 Å². The zero-order valence-corrected chi connectivity index (χ0v) is 13.3. The molecule has 4 heteroatoms. The molecular weight excluding hydrogens is 324 g/mol. The van der Waals surface area contributed by atoms with Crippen molar-refractivity contribution in [3.63, 3.8) is 0 Å². The van der Waals surface area contributed by atoms with Gasteiger partial charge in [0.15, 0.2) is 9.84 Å². The highest BCUT2D eigenvalue weighted by molar-refractivity contribution is 9.09. The van der Waals surface area contributed by atoms with Crippen molar-refractivity contribution < 1.29 is 8.42 Å². The van der Waals surface area contributed by atoms with Crippen molar-refractivity contribution in [3.8, 4) is 0 Å². The van der Waals surface area contributed by atoms with Crippen LogP contribution in [0.5, 0.6) is 0 Å². The summed E-state index contributed by atoms with van der Waals surface area (Å²) in [6, 6.07) is 7.59. The third-order valence-electron chi connectivity index (χ3n) is 4.87. The molecular formula is C15H19BrO2S. The molecule has 19 heavy (non-hydrogen) atoms. The lowest BCUT2D eigenvalue weighted by Gasteiger charge is -2.41. The summed E-state index contributed by atoms with van der Waals surface area (Å²) in [5.74, 6) is 0.478. The molecule has 104 valence electrons. The molecule has 1 unspecified atom stereocenters. The maximum absolute atomic E-state index is 12.3. The van der Waals surface area contributed by atoms with Crippen LogP contribution in [0.15, 0.2) is 29.2 Å². The van der Waals surface area contributed by atoms with Crippen LogP contribution in [0.3, 0.4) is 0 Å². The highest BCUT2D eigenvalue weighted by Gasteiger charge is 2.47. The first kappa shape index (κ1) is 13.6. The summed E-state index contributed by atoms with van der Waals surface area (Å²) in [6.07, 6.45) is 6.03. The predicted octanol–water partition coefficient (Wildman–Crippen LogP) is 3.90. The number of benzene rings is 1. The summed E-state index contributed by atoms with van der Waals surface area (Å²) in [5.41, 5.74) is 1.20. The van der Waals surface area contributed by atoms with E-state index in [9.17, 15) is 8.42 Å². The molecule has 0 spiro atoms. The lowest BCUT2D eigenvalue weighted by molar-refractivity contribution is 0.187. The highest BCUT2D eigenvalue weighted by atomic mass is 79.9. The second-order valence-electron chi connectivity index (χ2n) is 5.93. The van der Waals surface area contributed by atoms with Crippen LogP contribution >= 0.6 is 15.9 Å². The molecule has 2 aliphatic rings. The van der Waals surface area contributed by atoms with Crippen LogP contribution in [0.25, 0.3) is 0 Å². The summed E-state index contributed by atoms with van der Waals surface area (Å²) in [7, 11) is -3.07. The van der Waals surface area contributed by atoms with Gasteiger partial charge in [0.25, 0.3) is 0 Å². The Morgan fingerprint density at radius 3 is 2.53 bits per heavy atom. The molecule has 0 radical (unpaired) electrons. The van der Waals surface area contributed by atoms with Gasteiger partial charge in [0.1, 0.15) is 0 Å². The fraction of sp³-hybridized carbons (Fsp3) is 0.600. The number of fused-ring (bicyclic) bond motifs is 1. The minimum atomic E-state index is -3.07. The summed E-state index contributed by atoms with van der Waals surface area (Å²) in [4.78, 5) is 0.575. The second-order valence-corrected chi connectivity index (χ2v) is 8.49. The lowest BCUT2D eigenvalue weighted by atomic mass is 9.66. The molecule has 1 fully saturated rings. The van der Waals surface area contributed by atoms with Gasteiger partial charge in [0.05, 0.1) is 10.6 Å². The molecule has 0 aromatic heterocycles. The van der Waals surface area contributed by atoms with E-state index in [1.165, 1.54) is 19.3 Å². The van der Waals surface area contributed by atoms with Gasteiger partial charge in [-0.05, 0) is 29.9 Å². The zero-order valence-electron chi connectivity index (χ0n) is 10.9. The van der Waals surface area contributed by atoms with Gasteiger partial charge in [0.2, 0.25) is 0 Å². The Kier molecular flexibility index (Phi) is 3.50. The van der Waals surface area contributed by atoms with Crippen LogP contribution in [0.4, 0.5) is 0 Å². The van der Waals surface area contributed by atoms with Gasteiger partial charge >= 0.3 is 0 Å². The molecule has 0 amide bonds. The number of hydrogen-bond donors (Lipinski definition) is 0. The third kappa shape index (κ3) is 2.17. The molecule has 0 saturated heterocycles. The molecule has 1 aliphatic heterocycles. The van der Waals surface area contributed by atoms with E-state index >= 15 is 0 Å². The maximum Gasteiger partial charge on any atom is 0.179 e. The van der Waals surface area contributed by atoms with Crippen molar-refractivity contribution in [2.45, 2.75) is 42.9 Å². The SMILES string of the molecule is O=S1(=O)CC(C2(CBr)CCCCC2)c2ccccc21. The molecule has 1 aromatic rings. The fourth-order valence-corrected chi connectivity index (χ4v) is 6.75. The van der Waals surface area contributed by atoms with Crippen molar-refractivity contribution >= 4 is 25.8 Å². The molecule has 0 bridgehead atoms. The molecule has 1 atom stereocenters. The van der Waals surface area contributed by atoms with E-state index in [2.05, 4.69) is 15.9 Å². The topological polar surface area (TPSA) is 34.1 Å². The maximum atomic E-state index is 12.3. The van der Waals surface area contributed by atoms with Gasteiger partial charge < -0.3 is 0 Å². The standard InChI is InChI=1S/C15H19BrO2S/c16-11-15(8-4-1-5-9-15)13-10-19(17,18)14-7-3-2-6-12(13)14/h2-3,6-7,13H,1,4-5,8-11H2. The first-order valence-electron chi connectivity index (χ1n) is 6.97. The number of rotatable bonds is 2. The summed E-state index contributed by atoms with van der Waals surface area (Å²) in [5, 5.41) is 0.911. The van der Waals surface area contributed by atoms with Crippen molar-refractivity contribution in [2.24, 2.45) is 5.41 Å². The normalized spacial score (nSPS) is 27.9. The predicted molar refractivity (Wildman–Crippen MR) is 80.5 cm³/mol. The van der Waals surface area contributed by atoms with Crippen molar-refractivity contribution in [1.82, 2.24) is 0 Å². The zero-order chi connectivity index (χ0) is 13.5. The number of hydrogen-bond acceptors (Lipinski definition) is 2. The van der Waals surface area contributed by atoms with Gasteiger partial charge in [-0.3, -0.25) is 0 Å². The molecule has 2 nitrogen and oxygen atoms in total. The van der Waals surface area contributed by atoms with E-state index in [1.54, 1.807) is 6.07 Å². The summed E-state index contributed by atoms with van der Waals surface area (Å²) < 4.78 is 24.7. The van der Waals surface area contributed by atoms with E-state index in [0.29, 0.717) is 10.6 Å². The molecule has 0 N–H and O–H groups in total. The van der Waals surface area contributed by atoms with Crippen LogP contribution in [0.1, 0.15) is 43.6 Å². The number of sulfone groups is 1. The minimum absolute atomic E-state index is 0.137. The molecule has 1 heterocycles. The smallest absolute Gasteiger partial charge is 0.179 e. The van der Waals surface area contributed by atoms with Gasteiger partial charge in [-0.2, -0.15) is 0 Å². The van der Waals surface area contributed by atoms with E-state index in [0.717, 1.165) is 23.7 Å². The molecule has 3 rings (SSSR count). The van der Waals surface area contributed by atoms with Gasteiger partial charge in [0, 0.05) is 11.2 Å². The Bertz CT molecular complexity index is 574. The van der Waals surface area contributed by atoms with E-state index in [4.69, 9.17) is 0 Å². The Labute approximate surface area is 123 Å². The van der Waals surface area contributed by atoms with Crippen LogP contribution in [0, 0.1) is 5.41 Å². The van der Waals surface area contributed by atoms with E-state index in [-0.39, 0.29) is 11.3 Å². The first-order chi connectivity index (χ1) is 9.09. The van der Waals surface area contributed by atoms with Crippen LogP contribution in [-0.4, -0.2) is 19.5 Å². The average Bonchev–Trinajstić information content (AvgIpc) is 2.73. The average molecular weight is 343 g/mol. The highest BCUT2D eigenvalue weighted by Crippen LogP contribution is 2.53. The molecule has 1 aliphatic carbocycles. The van der Waals surface area contributed by atoms with Gasteiger partial charge in [-0.25, -0.2) is 8.42 Å². The Morgan fingerprint density at radius 1 is 1.16 bits per heavy atom. The van der Waals surface area contributed by atoms with Crippen LogP contribution in [0.2, 0.25) is 0 Å². The Balaban J connectivity index is 2.07. The van der Waals surface area contributed by atoms with E-state index < -0.39 is 9.84 Å². The molecule has 1 aromatic carbocycles. The van der Waals surface area contributed by atoms with Crippen LogP contribution in [-0.2, 0) is 9.84 Å². The third-order valence-corrected chi connectivity index (χ3v) is 7.80. The molecule has 1 saturated carbocycles. The monoisotopic (exact) mass is 342 g/mol. The minimum Gasteiger partial charge on any atom is -0.224 e. The number of halogens is 1. The largest absolute Gasteiger partial charge is 0.224 e. The fourth-order valence-electron chi connectivity index (χ4n) is 3.79. The quantitative estimate of drug-likeness (QED) is 0.763. The summed E-state index contributed by atoms with van der Waals surface area (Å²) in [6.45, 7) is 0. The Hall–Kier alpha value is -0.350. The van der Waals surface area contributed by atoms with Gasteiger partial charge in [-0.1, -0.05) is 53.4 Å². The lowest BCUT2D eigenvalue weighted by Crippen LogP contribution is -2.34. The van der Waals surface area contributed by atoms with Crippen molar-refractivity contribution in [1.29, 1.82) is 0 Å². The van der Waals surface area contributed by atoms with E-state index in [1.807, 2.05) is 18.2 Å². The van der Waals surface area contributed by atoms with Crippen molar-refractivity contribution in [3.05, 3.63) is 29.8 Å². The number of alkyl halides is 1.